The number of carbonyl (C=O) groups is 2. The van der Waals surface area contributed by atoms with Gasteiger partial charge in [-0.2, -0.15) is 9.49 Å². The number of anilines is 1. The maximum atomic E-state index is 15.3. The number of alkyl halides is 1. The maximum Gasteiger partial charge on any atom is 0.338 e. The SMILES string of the molecule is CCOC(=O)c1cc(NC(=O)C2(c3ccc(OC(C)(C)F)cc3F)CC2)cc(F)c1-c1cnn(CC)c1. The van der Waals surface area contributed by atoms with Gasteiger partial charge in [0.1, 0.15) is 17.4 Å². The van der Waals surface area contributed by atoms with Crippen LogP contribution in [0.4, 0.5) is 18.9 Å². The average molecular weight is 516 g/mol. The van der Waals surface area contributed by atoms with Gasteiger partial charge in [-0.05, 0) is 44.9 Å². The van der Waals surface area contributed by atoms with Gasteiger partial charge >= 0.3 is 5.97 Å². The van der Waals surface area contributed by atoms with E-state index in [1.165, 1.54) is 38.2 Å². The van der Waals surface area contributed by atoms with Crippen LogP contribution in [0.1, 0.15) is 56.5 Å². The summed E-state index contributed by atoms with van der Waals surface area (Å²) in [6, 6.07) is 6.27. The van der Waals surface area contributed by atoms with Crippen LogP contribution < -0.4 is 10.1 Å². The summed E-state index contributed by atoms with van der Waals surface area (Å²) in [6.45, 7) is 6.52. The third-order valence-electron chi connectivity index (χ3n) is 6.09. The molecule has 1 fully saturated rings. The number of nitrogens with zero attached hydrogens (tertiary/aromatic N) is 2. The number of halogens is 3. The first-order chi connectivity index (χ1) is 17.5. The summed E-state index contributed by atoms with van der Waals surface area (Å²) in [5.41, 5.74) is -0.685. The van der Waals surface area contributed by atoms with Gasteiger partial charge in [0.05, 0.1) is 23.8 Å². The highest BCUT2D eigenvalue weighted by atomic mass is 19.2. The Hall–Kier alpha value is -3.82. The molecule has 0 saturated heterocycles. The Morgan fingerprint density at radius 2 is 1.86 bits per heavy atom. The van der Waals surface area contributed by atoms with Crippen molar-refractivity contribution in [2.75, 3.05) is 11.9 Å². The Balaban J connectivity index is 1.64. The summed E-state index contributed by atoms with van der Waals surface area (Å²) in [6.07, 6.45) is 3.79. The van der Waals surface area contributed by atoms with E-state index in [0.29, 0.717) is 24.9 Å². The molecule has 37 heavy (non-hydrogen) atoms. The molecule has 1 amide bonds. The molecular weight excluding hydrogens is 487 g/mol. The third kappa shape index (κ3) is 5.47. The number of rotatable bonds is 9. The molecule has 196 valence electrons. The van der Waals surface area contributed by atoms with Gasteiger partial charge < -0.3 is 14.8 Å². The zero-order valence-corrected chi connectivity index (χ0v) is 21.0. The second-order valence-electron chi connectivity index (χ2n) is 9.33. The lowest BCUT2D eigenvalue weighted by atomic mass is 9.93. The highest BCUT2D eigenvalue weighted by molar-refractivity contribution is 6.04. The number of amides is 1. The Labute approximate surface area is 212 Å². The van der Waals surface area contributed by atoms with E-state index in [1.807, 2.05) is 6.92 Å². The third-order valence-corrected chi connectivity index (χ3v) is 6.09. The number of benzene rings is 2. The number of hydrogen-bond donors (Lipinski definition) is 1. The second kappa shape index (κ2) is 9.91. The number of aryl methyl sites for hydroxylation is 1. The molecular formula is C27H28F3N3O4. The van der Waals surface area contributed by atoms with E-state index in [-0.39, 0.29) is 34.7 Å². The van der Waals surface area contributed by atoms with Crippen LogP contribution in [0.25, 0.3) is 11.1 Å². The van der Waals surface area contributed by atoms with Crippen LogP contribution >= 0.6 is 0 Å². The Bertz CT molecular complexity index is 1340. The molecule has 3 aromatic rings. The van der Waals surface area contributed by atoms with Crippen molar-refractivity contribution in [2.45, 2.75) is 58.4 Å². The highest BCUT2D eigenvalue weighted by Gasteiger charge is 2.53. The Morgan fingerprint density at radius 1 is 1.14 bits per heavy atom. The van der Waals surface area contributed by atoms with Gasteiger partial charge in [0, 0.05) is 55.0 Å². The van der Waals surface area contributed by atoms with E-state index >= 15 is 4.39 Å². The van der Waals surface area contributed by atoms with Crippen LogP contribution in [0, 0.1) is 11.6 Å². The van der Waals surface area contributed by atoms with Crippen molar-refractivity contribution >= 4 is 17.6 Å². The fourth-order valence-electron chi connectivity index (χ4n) is 4.23. The number of carbonyl (C=O) groups excluding carboxylic acids is 2. The van der Waals surface area contributed by atoms with E-state index in [2.05, 4.69) is 10.4 Å². The largest absolute Gasteiger partial charge is 0.462 e. The van der Waals surface area contributed by atoms with Gasteiger partial charge in [-0.25, -0.2) is 13.6 Å². The fraction of sp³-hybridized carbons (Fsp3) is 0.370. The van der Waals surface area contributed by atoms with E-state index in [0.717, 1.165) is 12.1 Å². The second-order valence-corrected chi connectivity index (χ2v) is 9.33. The molecule has 0 atom stereocenters. The number of aromatic nitrogens is 2. The summed E-state index contributed by atoms with van der Waals surface area (Å²) in [5.74, 6) is -4.76. The van der Waals surface area contributed by atoms with Crippen LogP contribution in [0.2, 0.25) is 0 Å². The van der Waals surface area contributed by atoms with Gasteiger partial charge in [0.25, 0.3) is 0 Å². The van der Waals surface area contributed by atoms with Gasteiger partial charge in [-0.15, -0.1) is 0 Å². The first-order valence-corrected chi connectivity index (χ1v) is 12.0. The highest BCUT2D eigenvalue weighted by Crippen LogP contribution is 2.50. The van der Waals surface area contributed by atoms with Crippen LogP contribution in [0.15, 0.2) is 42.7 Å². The van der Waals surface area contributed by atoms with E-state index in [1.54, 1.807) is 17.8 Å². The topological polar surface area (TPSA) is 82.4 Å². The van der Waals surface area contributed by atoms with E-state index in [9.17, 15) is 18.4 Å². The van der Waals surface area contributed by atoms with Crippen molar-refractivity contribution in [1.29, 1.82) is 0 Å². The van der Waals surface area contributed by atoms with E-state index < -0.39 is 34.8 Å². The normalized spacial score (nSPS) is 14.2. The first kappa shape index (κ1) is 26.2. The van der Waals surface area contributed by atoms with Crippen LogP contribution in [0.5, 0.6) is 5.75 Å². The molecule has 1 aromatic heterocycles. The summed E-state index contributed by atoms with van der Waals surface area (Å²) in [4.78, 5) is 26.0. The molecule has 1 aliphatic rings. The van der Waals surface area contributed by atoms with Crippen molar-refractivity contribution in [1.82, 2.24) is 9.78 Å². The molecule has 7 nitrogen and oxygen atoms in total. The minimum absolute atomic E-state index is 0.00640. The number of ether oxygens (including phenoxy) is 2. The van der Waals surface area contributed by atoms with Gasteiger partial charge in [-0.3, -0.25) is 9.48 Å². The molecule has 1 N–H and O–H groups in total. The molecule has 4 rings (SSSR count). The zero-order valence-electron chi connectivity index (χ0n) is 21.0. The molecule has 0 bridgehead atoms. The molecule has 0 spiro atoms. The van der Waals surface area contributed by atoms with Crippen molar-refractivity contribution in [2.24, 2.45) is 0 Å². The monoisotopic (exact) mass is 515 g/mol. The smallest absolute Gasteiger partial charge is 0.338 e. The number of nitrogens with one attached hydrogen (secondary N) is 1. The van der Waals surface area contributed by atoms with Crippen LogP contribution in [-0.4, -0.2) is 34.1 Å². The Morgan fingerprint density at radius 3 is 2.43 bits per heavy atom. The van der Waals surface area contributed by atoms with Crippen molar-refractivity contribution in [3.05, 3.63) is 65.5 Å². The van der Waals surface area contributed by atoms with Crippen LogP contribution in [0.3, 0.4) is 0 Å². The lowest BCUT2D eigenvalue weighted by molar-refractivity contribution is -0.118. The van der Waals surface area contributed by atoms with Gasteiger partial charge in [-0.1, -0.05) is 6.07 Å². The predicted molar refractivity (Wildman–Crippen MR) is 131 cm³/mol. The molecule has 1 heterocycles. The lowest BCUT2D eigenvalue weighted by Gasteiger charge is -2.20. The van der Waals surface area contributed by atoms with Crippen molar-refractivity contribution in [3.8, 4) is 16.9 Å². The van der Waals surface area contributed by atoms with Crippen molar-refractivity contribution < 1.29 is 32.2 Å². The quantitative estimate of drug-likeness (QED) is 0.366. The molecule has 0 unspecified atom stereocenters. The number of esters is 1. The minimum atomic E-state index is -2.00. The molecule has 0 aliphatic heterocycles. The molecule has 2 aromatic carbocycles. The van der Waals surface area contributed by atoms with Gasteiger partial charge in [0.2, 0.25) is 11.8 Å². The standard InChI is InChI=1S/C27H28F3N3O4/c1-5-33-15-16(14-31-33)23-19(24(34)36-6-2)11-17(12-22(23)29)32-25(35)27(9-10-27)20-8-7-18(13-21(20)28)37-26(3,4)30/h7-8,11-15H,5-6,9-10H2,1-4H3,(H,32,35). The van der Waals surface area contributed by atoms with Crippen molar-refractivity contribution in [3.63, 3.8) is 0 Å². The Kier molecular flexibility index (Phi) is 7.03. The molecule has 1 aliphatic carbocycles. The summed E-state index contributed by atoms with van der Waals surface area (Å²) in [7, 11) is 0. The zero-order chi connectivity index (χ0) is 27.0. The summed E-state index contributed by atoms with van der Waals surface area (Å²) < 4.78 is 55.8. The van der Waals surface area contributed by atoms with Crippen LogP contribution in [-0.2, 0) is 21.5 Å². The average Bonchev–Trinajstić information content (AvgIpc) is 3.48. The number of hydrogen-bond acceptors (Lipinski definition) is 5. The maximum absolute atomic E-state index is 15.3. The van der Waals surface area contributed by atoms with E-state index in [4.69, 9.17) is 9.47 Å². The first-order valence-electron chi connectivity index (χ1n) is 12.0. The molecule has 1 saturated carbocycles. The molecule has 10 heteroatoms. The summed E-state index contributed by atoms with van der Waals surface area (Å²) >= 11 is 0. The summed E-state index contributed by atoms with van der Waals surface area (Å²) in [5, 5.41) is 6.77. The molecule has 0 radical (unpaired) electrons. The predicted octanol–water partition coefficient (Wildman–Crippen LogP) is 5.78. The van der Waals surface area contributed by atoms with Gasteiger partial charge in [0.15, 0.2) is 0 Å². The minimum Gasteiger partial charge on any atom is -0.462 e. The lowest BCUT2D eigenvalue weighted by Crippen LogP contribution is -2.29. The fourth-order valence-corrected chi connectivity index (χ4v) is 4.23.